The number of likely N-dealkylation sites (N-methyl/N-ethyl adjacent to an activating group) is 1. The quantitative estimate of drug-likeness (QED) is 0.680. The standard InChI is InChI=1S/C14H15FN2O3/c1-2-16-13(19)9-17-14(20)11-8-10(4-3-7-18)5-6-12(11)15/h5-6,8,18H,2,7,9H2,1H3,(H,16,19)(H,17,20). The molecule has 0 aliphatic rings. The number of carbonyl (C=O) groups is 2. The summed E-state index contributed by atoms with van der Waals surface area (Å²) in [5, 5.41) is 13.4. The predicted molar refractivity (Wildman–Crippen MR) is 71.4 cm³/mol. The van der Waals surface area contributed by atoms with E-state index in [2.05, 4.69) is 22.5 Å². The van der Waals surface area contributed by atoms with Crippen LogP contribution in [0.4, 0.5) is 4.39 Å². The van der Waals surface area contributed by atoms with Gasteiger partial charge in [0, 0.05) is 12.1 Å². The van der Waals surface area contributed by atoms with Gasteiger partial charge in [0.15, 0.2) is 0 Å². The van der Waals surface area contributed by atoms with Crippen molar-refractivity contribution in [2.75, 3.05) is 19.7 Å². The van der Waals surface area contributed by atoms with Crippen LogP contribution >= 0.6 is 0 Å². The first-order valence-corrected chi connectivity index (χ1v) is 6.02. The van der Waals surface area contributed by atoms with Gasteiger partial charge in [0.05, 0.1) is 12.1 Å². The summed E-state index contributed by atoms with van der Waals surface area (Å²) in [5.74, 6) is 3.24. The third-order valence-electron chi connectivity index (χ3n) is 2.31. The van der Waals surface area contributed by atoms with Crippen LogP contribution in [0, 0.1) is 17.7 Å². The van der Waals surface area contributed by atoms with E-state index >= 15 is 0 Å². The number of hydrogen-bond donors (Lipinski definition) is 3. The summed E-state index contributed by atoms with van der Waals surface area (Å²) < 4.78 is 13.6. The molecule has 5 nitrogen and oxygen atoms in total. The second-order valence-corrected chi connectivity index (χ2v) is 3.79. The summed E-state index contributed by atoms with van der Waals surface area (Å²) >= 11 is 0. The lowest BCUT2D eigenvalue weighted by Crippen LogP contribution is -2.37. The predicted octanol–water partition coefficient (Wildman–Crippen LogP) is 0.0354. The summed E-state index contributed by atoms with van der Waals surface area (Å²) in [7, 11) is 0. The minimum absolute atomic E-state index is 0.195. The van der Waals surface area contributed by atoms with Crippen molar-refractivity contribution in [1.29, 1.82) is 0 Å². The van der Waals surface area contributed by atoms with E-state index in [4.69, 9.17) is 5.11 Å². The van der Waals surface area contributed by atoms with Gasteiger partial charge in [-0.25, -0.2) is 4.39 Å². The van der Waals surface area contributed by atoms with Gasteiger partial charge in [-0.1, -0.05) is 11.8 Å². The molecule has 0 aliphatic carbocycles. The normalized spacial score (nSPS) is 9.35. The number of carbonyl (C=O) groups excluding carboxylic acids is 2. The van der Waals surface area contributed by atoms with Gasteiger partial charge in [0.25, 0.3) is 5.91 Å². The van der Waals surface area contributed by atoms with Gasteiger partial charge in [-0.15, -0.1) is 0 Å². The summed E-state index contributed by atoms with van der Waals surface area (Å²) in [6, 6.07) is 3.78. The highest BCUT2D eigenvalue weighted by molar-refractivity contribution is 5.97. The Balaban J connectivity index is 2.79. The fourth-order valence-corrected chi connectivity index (χ4v) is 1.43. The number of halogens is 1. The lowest BCUT2D eigenvalue weighted by molar-refractivity contribution is -0.120. The topological polar surface area (TPSA) is 78.4 Å². The fraction of sp³-hybridized carbons (Fsp3) is 0.286. The maximum Gasteiger partial charge on any atom is 0.254 e. The zero-order valence-corrected chi connectivity index (χ0v) is 11.0. The highest BCUT2D eigenvalue weighted by atomic mass is 19.1. The SMILES string of the molecule is CCNC(=O)CNC(=O)c1cc(C#CCO)ccc1F. The molecule has 20 heavy (non-hydrogen) atoms. The first-order valence-electron chi connectivity index (χ1n) is 6.02. The number of hydrogen-bond acceptors (Lipinski definition) is 3. The van der Waals surface area contributed by atoms with Gasteiger partial charge in [-0.3, -0.25) is 9.59 Å². The monoisotopic (exact) mass is 278 g/mol. The summed E-state index contributed by atoms with van der Waals surface area (Å²) in [4.78, 5) is 23.0. The highest BCUT2D eigenvalue weighted by Crippen LogP contribution is 2.09. The minimum atomic E-state index is -0.701. The number of aliphatic hydroxyl groups excluding tert-OH is 1. The Morgan fingerprint density at radius 2 is 2.10 bits per heavy atom. The molecule has 0 radical (unpaired) electrons. The number of aliphatic hydroxyl groups is 1. The molecule has 0 atom stereocenters. The molecule has 3 N–H and O–H groups in total. The van der Waals surface area contributed by atoms with Crippen molar-refractivity contribution in [2.24, 2.45) is 0 Å². The molecular weight excluding hydrogens is 263 g/mol. The molecule has 0 aliphatic heterocycles. The zero-order valence-electron chi connectivity index (χ0n) is 11.0. The molecule has 0 saturated heterocycles. The van der Waals surface area contributed by atoms with E-state index in [9.17, 15) is 14.0 Å². The van der Waals surface area contributed by atoms with Crippen molar-refractivity contribution in [1.82, 2.24) is 10.6 Å². The summed E-state index contributed by atoms with van der Waals surface area (Å²) in [6.07, 6.45) is 0. The van der Waals surface area contributed by atoms with Crippen LogP contribution in [0.5, 0.6) is 0 Å². The van der Waals surface area contributed by atoms with Gasteiger partial charge in [-0.05, 0) is 25.1 Å². The van der Waals surface area contributed by atoms with Gasteiger partial charge in [0.2, 0.25) is 5.91 Å². The van der Waals surface area contributed by atoms with Gasteiger partial charge in [-0.2, -0.15) is 0 Å². The molecule has 0 saturated carbocycles. The molecule has 1 rings (SSSR count). The Morgan fingerprint density at radius 1 is 1.35 bits per heavy atom. The molecule has 0 fully saturated rings. The maximum absolute atomic E-state index is 13.6. The number of benzene rings is 1. The van der Waals surface area contributed by atoms with Crippen molar-refractivity contribution in [3.63, 3.8) is 0 Å². The Labute approximate surface area is 116 Å². The third-order valence-corrected chi connectivity index (χ3v) is 2.31. The highest BCUT2D eigenvalue weighted by Gasteiger charge is 2.13. The van der Waals surface area contributed by atoms with Crippen LogP contribution in [0.2, 0.25) is 0 Å². The van der Waals surface area contributed by atoms with Gasteiger partial charge in [0.1, 0.15) is 12.4 Å². The van der Waals surface area contributed by atoms with Crippen LogP contribution in [-0.2, 0) is 4.79 Å². The van der Waals surface area contributed by atoms with Crippen LogP contribution < -0.4 is 10.6 Å². The number of amides is 2. The van der Waals surface area contributed by atoms with Crippen molar-refractivity contribution in [2.45, 2.75) is 6.92 Å². The molecule has 1 aromatic rings. The van der Waals surface area contributed by atoms with E-state index in [-0.39, 0.29) is 24.6 Å². The first kappa shape index (κ1) is 15.7. The van der Waals surface area contributed by atoms with E-state index in [0.29, 0.717) is 12.1 Å². The number of rotatable bonds is 4. The van der Waals surface area contributed by atoms with Crippen LogP contribution in [0.25, 0.3) is 0 Å². The van der Waals surface area contributed by atoms with Gasteiger partial charge >= 0.3 is 0 Å². The largest absolute Gasteiger partial charge is 0.384 e. The van der Waals surface area contributed by atoms with E-state index in [1.807, 2.05) is 0 Å². The van der Waals surface area contributed by atoms with Crippen LogP contribution in [0.1, 0.15) is 22.8 Å². The van der Waals surface area contributed by atoms with Crippen molar-refractivity contribution in [3.05, 3.63) is 35.1 Å². The minimum Gasteiger partial charge on any atom is -0.384 e. The molecule has 0 aromatic heterocycles. The molecule has 2 amide bonds. The third kappa shape index (κ3) is 4.71. The van der Waals surface area contributed by atoms with E-state index in [0.717, 1.165) is 6.07 Å². The molecule has 6 heteroatoms. The number of nitrogens with one attached hydrogen (secondary N) is 2. The second kappa shape index (κ2) is 7.92. The van der Waals surface area contributed by atoms with Gasteiger partial charge < -0.3 is 15.7 Å². The smallest absolute Gasteiger partial charge is 0.254 e. The average molecular weight is 278 g/mol. The Kier molecular flexibility index (Phi) is 6.20. The van der Waals surface area contributed by atoms with Crippen molar-refractivity contribution in [3.8, 4) is 11.8 Å². The maximum atomic E-state index is 13.6. The Hall–Kier alpha value is -2.39. The second-order valence-electron chi connectivity index (χ2n) is 3.79. The summed E-state index contributed by atoms with van der Waals surface area (Å²) in [6.45, 7) is 1.66. The lowest BCUT2D eigenvalue weighted by atomic mass is 10.1. The molecule has 0 heterocycles. The Bertz CT molecular complexity index is 561. The van der Waals surface area contributed by atoms with Crippen molar-refractivity contribution < 1.29 is 19.1 Å². The van der Waals surface area contributed by atoms with E-state index < -0.39 is 11.7 Å². The first-order chi connectivity index (χ1) is 9.58. The molecule has 0 bridgehead atoms. The zero-order chi connectivity index (χ0) is 15.0. The average Bonchev–Trinajstić information content (AvgIpc) is 2.44. The summed E-state index contributed by atoms with van der Waals surface area (Å²) in [5.41, 5.74) is 0.211. The Morgan fingerprint density at radius 3 is 2.75 bits per heavy atom. The van der Waals surface area contributed by atoms with Crippen molar-refractivity contribution >= 4 is 11.8 Å². The van der Waals surface area contributed by atoms with Crippen LogP contribution in [0.15, 0.2) is 18.2 Å². The van der Waals surface area contributed by atoms with E-state index in [1.165, 1.54) is 12.1 Å². The molecule has 1 aromatic carbocycles. The molecular formula is C14H15FN2O3. The van der Waals surface area contributed by atoms with Crippen LogP contribution in [-0.4, -0.2) is 36.6 Å². The van der Waals surface area contributed by atoms with E-state index in [1.54, 1.807) is 6.92 Å². The fourth-order valence-electron chi connectivity index (χ4n) is 1.43. The molecule has 0 spiro atoms. The molecule has 106 valence electrons. The molecule has 0 unspecified atom stereocenters. The van der Waals surface area contributed by atoms with Crippen LogP contribution in [0.3, 0.4) is 0 Å². The lowest BCUT2D eigenvalue weighted by Gasteiger charge is -2.06.